The third-order valence-corrected chi connectivity index (χ3v) is 3.73. The molecule has 0 aliphatic heterocycles. The van der Waals surface area contributed by atoms with Crippen LogP contribution in [0, 0.1) is 25.2 Å². The van der Waals surface area contributed by atoms with Crippen molar-refractivity contribution < 1.29 is 4.42 Å². The summed E-state index contributed by atoms with van der Waals surface area (Å²) in [6, 6.07) is 10.3. The van der Waals surface area contributed by atoms with Crippen molar-refractivity contribution in [1.82, 2.24) is 4.57 Å². The van der Waals surface area contributed by atoms with Gasteiger partial charge >= 0.3 is 0 Å². The van der Waals surface area contributed by atoms with Gasteiger partial charge in [0.05, 0.1) is 0 Å². The molecule has 0 amide bonds. The van der Waals surface area contributed by atoms with Crippen molar-refractivity contribution >= 4 is 23.0 Å². The lowest BCUT2D eigenvalue weighted by molar-refractivity contribution is 0.542. The number of nitrogens with zero attached hydrogens (tertiary/aromatic N) is 3. The summed E-state index contributed by atoms with van der Waals surface area (Å²) in [6.07, 6.45) is 3.77. The maximum atomic E-state index is 9.20. The largest absolute Gasteiger partial charge is 0.442 e. The van der Waals surface area contributed by atoms with Crippen molar-refractivity contribution in [2.75, 3.05) is 0 Å². The van der Waals surface area contributed by atoms with Crippen LogP contribution in [-0.4, -0.2) is 10.8 Å². The molecule has 0 saturated heterocycles. The molecule has 0 aliphatic rings. The minimum atomic E-state index is 0.375. The maximum absolute atomic E-state index is 9.20. The van der Waals surface area contributed by atoms with Gasteiger partial charge in [-0.1, -0.05) is 18.2 Å². The zero-order valence-electron chi connectivity index (χ0n) is 12.2. The first-order chi connectivity index (χ1) is 10.1. The first-order valence-corrected chi connectivity index (χ1v) is 6.70. The van der Waals surface area contributed by atoms with Crippen LogP contribution in [0.2, 0.25) is 0 Å². The van der Waals surface area contributed by atoms with E-state index >= 15 is 0 Å². The van der Waals surface area contributed by atoms with E-state index < -0.39 is 0 Å². The number of furan rings is 1. The van der Waals surface area contributed by atoms with Gasteiger partial charge < -0.3 is 8.98 Å². The molecule has 0 fully saturated rings. The average molecular weight is 277 g/mol. The molecule has 0 atom stereocenters. The molecule has 3 aromatic rings. The minimum absolute atomic E-state index is 0.375. The summed E-state index contributed by atoms with van der Waals surface area (Å²) in [5.74, 6) is 1.11. The van der Waals surface area contributed by atoms with Crippen molar-refractivity contribution in [3.63, 3.8) is 0 Å². The molecule has 4 heteroatoms. The van der Waals surface area contributed by atoms with Crippen LogP contribution < -0.4 is 0 Å². The summed E-state index contributed by atoms with van der Waals surface area (Å²) in [7, 11) is 2.00. The van der Waals surface area contributed by atoms with Gasteiger partial charge in [0.15, 0.2) is 0 Å². The van der Waals surface area contributed by atoms with Gasteiger partial charge in [0.2, 0.25) is 5.88 Å². The Morgan fingerprint density at radius 3 is 2.81 bits per heavy atom. The summed E-state index contributed by atoms with van der Waals surface area (Å²) in [5.41, 5.74) is 3.50. The molecule has 2 heterocycles. The number of aryl methyl sites for hydroxylation is 2. The van der Waals surface area contributed by atoms with Crippen LogP contribution in [0.15, 0.2) is 39.9 Å². The molecule has 0 aliphatic carbocycles. The number of para-hydroxylation sites is 1. The second-order valence-electron chi connectivity index (χ2n) is 5.05. The highest BCUT2D eigenvalue weighted by Crippen LogP contribution is 2.28. The molecule has 0 N–H and O–H groups in total. The third kappa shape index (κ3) is 2.13. The third-order valence-electron chi connectivity index (χ3n) is 3.73. The Labute approximate surface area is 122 Å². The highest BCUT2D eigenvalue weighted by molar-refractivity contribution is 6.00. The SMILES string of the molecule is Cc1oc(/N=C/c2cn(C)c3ccccc23)c(C#N)c1C. The Balaban J connectivity index is 2.07. The Hall–Kier alpha value is -2.80. The Bertz CT molecular complexity index is 891. The van der Waals surface area contributed by atoms with Gasteiger partial charge in [0.25, 0.3) is 0 Å². The standard InChI is InChI=1S/C17H15N3O/c1-11-12(2)21-17(15(11)8-18)19-9-13-10-20(3)16-7-5-4-6-14(13)16/h4-7,9-10H,1-3H3/b19-9+. The summed E-state index contributed by atoms with van der Waals surface area (Å²) in [5, 5.41) is 10.3. The number of hydrogen-bond acceptors (Lipinski definition) is 3. The Kier molecular flexibility index (Phi) is 3.11. The Morgan fingerprint density at radius 2 is 2.05 bits per heavy atom. The fraction of sp³-hybridized carbons (Fsp3) is 0.176. The van der Waals surface area contributed by atoms with Crippen molar-refractivity contribution in [2.45, 2.75) is 13.8 Å². The van der Waals surface area contributed by atoms with Crippen molar-refractivity contribution in [3.8, 4) is 6.07 Å². The van der Waals surface area contributed by atoms with Crippen LogP contribution in [-0.2, 0) is 7.05 Å². The average Bonchev–Trinajstić information content (AvgIpc) is 2.95. The summed E-state index contributed by atoms with van der Waals surface area (Å²) >= 11 is 0. The highest BCUT2D eigenvalue weighted by Gasteiger charge is 2.13. The smallest absolute Gasteiger partial charge is 0.237 e. The number of aromatic nitrogens is 1. The minimum Gasteiger partial charge on any atom is -0.442 e. The van der Waals surface area contributed by atoms with Crippen molar-refractivity contribution in [3.05, 3.63) is 52.9 Å². The van der Waals surface area contributed by atoms with Crippen LogP contribution in [0.5, 0.6) is 0 Å². The van der Waals surface area contributed by atoms with Crippen LogP contribution >= 0.6 is 0 Å². The van der Waals surface area contributed by atoms with Gasteiger partial charge in [0.1, 0.15) is 17.4 Å². The number of benzene rings is 1. The van der Waals surface area contributed by atoms with Crippen LogP contribution in [0.3, 0.4) is 0 Å². The van der Waals surface area contributed by atoms with Gasteiger partial charge in [-0.15, -0.1) is 0 Å². The molecule has 4 nitrogen and oxygen atoms in total. The lowest BCUT2D eigenvalue weighted by Gasteiger charge is -1.93. The quantitative estimate of drug-likeness (QED) is 0.664. The molecule has 3 rings (SSSR count). The van der Waals surface area contributed by atoms with E-state index in [-0.39, 0.29) is 0 Å². The fourth-order valence-electron chi connectivity index (χ4n) is 2.44. The van der Waals surface area contributed by atoms with E-state index in [0.717, 1.165) is 27.8 Å². The number of hydrogen-bond donors (Lipinski definition) is 0. The topological polar surface area (TPSA) is 54.2 Å². The van der Waals surface area contributed by atoms with E-state index in [1.807, 2.05) is 39.2 Å². The molecular weight excluding hydrogens is 262 g/mol. The molecule has 0 unspecified atom stereocenters. The Morgan fingerprint density at radius 1 is 1.29 bits per heavy atom. The van der Waals surface area contributed by atoms with Gasteiger partial charge in [-0.25, -0.2) is 4.99 Å². The molecule has 21 heavy (non-hydrogen) atoms. The van der Waals surface area contributed by atoms with E-state index in [1.54, 1.807) is 6.21 Å². The second-order valence-corrected chi connectivity index (χ2v) is 5.05. The van der Waals surface area contributed by atoms with Crippen LogP contribution in [0.4, 0.5) is 5.88 Å². The molecule has 2 aromatic heterocycles. The highest BCUT2D eigenvalue weighted by atomic mass is 16.4. The predicted molar refractivity (Wildman–Crippen MR) is 83.1 cm³/mol. The van der Waals surface area contributed by atoms with E-state index in [1.165, 1.54) is 0 Å². The van der Waals surface area contributed by atoms with Crippen molar-refractivity contribution in [2.24, 2.45) is 12.0 Å². The number of nitriles is 1. The normalized spacial score (nSPS) is 11.3. The van der Waals surface area contributed by atoms with Crippen LogP contribution in [0.25, 0.3) is 10.9 Å². The second kappa shape index (κ2) is 4.95. The molecular formula is C17H15N3O. The monoisotopic (exact) mass is 277 g/mol. The van der Waals surface area contributed by atoms with E-state index in [4.69, 9.17) is 4.42 Å². The van der Waals surface area contributed by atoms with Gasteiger partial charge in [-0.3, -0.25) is 0 Å². The lowest BCUT2D eigenvalue weighted by atomic mass is 10.2. The van der Waals surface area contributed by atoms with Crippen molar-refractivity contribution in [1.29, 1.82) is 5.26 Å². The van der Waals surface area contributed by atoms with E-state index in [9.17, 15) is 5.26 Å². The maximum Gasteiger partial charge on any atom is 0.237 e. The first-order valence-electron chi connectivity index (χ1n) is 6.70. The van der Waals surface area contributed by atoms with Gasteiger partial charge in [-0.05, 0) is 19.9 Å². The van der Waals surface area contributed by atoms with Crippen LogP contribution in [0.1, 0.15) is 22.5 Å². The lowest BCUT2D eigenvalue weighted by Crippen LogP contribution is -1.82. The van der Waals surface area contributed by atoms with Gasteiger partial charge in [-0.2, -0.15) is 5.26 Å². The first kappa shape index (κ1) is 13.2. The summed E-state index contributed by atoms with van der Waals surface area (Å²) < 4.78 is 7.61. The molecule has 0 spiro atoms. The number of rotatable bonds is 2. The molecule has 0 radical (unpaired) electrons. The molecule has 1 aromatic carbocycles. The molecule has 104 valence electrons. The summed E-state index contributed by atoms with van der Waals surface area (Å²) in [4.78, 5) is 4.36. The number of aliphatic imine (C=N–C) groups is 1. The van der Waals surface area contributed by atoms with E-state index in [0.29, 0.717) is 11.4 Å². The van der Waals surface area contributed by atoms with E-state index in [2.05, 4.69) is 27.8 Å². The number of fused-ring (bicyclic) bond motifs is 1. The fourth-order valence-corrected chi connectivity index (χ4v) is 2.44. The predicted octanol–water partition coefficient (Wildman–Crippen LogP) is 4.01. The zero-order chi connectivity index (χ0) is 15.0. The summed E-state index contributed by atoms with van der Waals surface area (Å²) in [6.45, 7) is 3.71. The zero-order valence-corrected chi connectivity index (χ0v) is 12.2. The van der Waals surface area contributed by atoms with Gasteiger partial charge in [0, 0.05) is 41.5 Å². The molecule has 0 bridgehead atoms. The molecule has 0 saturated carbocycles.